The molecule has 0 aliphatic rings. The molecule has 0 saturated carbocycles. The summed E-state index contributed by atoms with van der Waals surface area (Å²) >= 11 is 0. The Morgan fingerprint density at radius 3 is 1.23 bits per heavy atom. The highest BCUT2D eigenvalue weighted by molar-refractivity contribution is 5.73. The van der Waals surface area contributed by atoms with E-state index in [0.29, 0.717) is 22.6 Å². The summed E-state index contributed by atoms with van der Waals surface area (Å²) in [7, 11) is 0. The van der Waals surface area contributed by atoms with Gasteiger partial charge in [0, 0.05) is 26.1 Å². The molecule has 0 aromatic heterocycles. The Morgan fingerprint density at radius 1 is 0.571 bits per heavy atom. The van der Waals surface area contributed by atoms with Gasteiger partial charge in [0.15, 0.2) is 12.2 Å². The van der Waals surface area contributed by atoms with Gasteiger partial charge in [-0.15, -0.1) is 0 Å². The van der Waals surface area contributed by atoms with Crippen LogP contribution in [-0.4, -0.2) is 60.8 Å². The molecular formula is C42H44F6O8. The average molecular weight is 791 g/mol. The Hall–Kier alpha value is -5.08. The maximum atomic E-state index is 14.2. The van der Waals surface area contributed by atoms with Gasteiger partial charge in [-0.1, -0.05) is 48.5 Å². The molecule has 0 heterocycles. The van der Waals surface area contributed by atoms with E-state index in [1.807, 2.05) is 0 Å². The van der Waals surface area contributed by atoms with Crippen molar-refractivity contribution in [1.29, 1.82) is 0 Å². The second-order valence-corrected chi connectivity index (χ2v) is 12.9. The van der Waals surface area contributed by atoms with Crippen LogP contribution in [0.25, 0.3) is 11.1 Å². The maximum Gasteiger partial charge on any atom is 0.416 e. The highest BCUT2D eigenvalue weighted by atomic mass is 19.4. The van der Waals surface area contributed by atoms with Gasteiger partial charge in [0.2, 0.25) is 0 Å². The van der Waals surface area contributed by atoms with E-state index in [9.17, 15) is 46.1 Å². The van der Waals surface area contributed by atoms with Crippen molar-refractivity contribution in [3.8, 4) is 22.6 Å². The summed E-state index contributed by atoms with van der Waals surface area (Å²) in [5, 5.41) is 18.5. The predicted molar refractivity (Wildman–Crippen MR) is 196 cm³/mol. The predicted octanol–water partition coefficient (Wildman–Crippen LogP) is 9.48. The maximum absolute atomic E-state index is 14.2. The lowest BCUT2D eigenvalue weighted by molar-refractivity contribution is -0.150. The van der Waals surface area contributed by atoms with Gasteiger partial charge in [-0.2, -0.15) is 26.3 Å². The smallest absolute Gasteiger partial charge is 0.416 e. The number of carboxylic acid groups (broad SMARTS) is 2. The SMILES string of the molecule is CCOC(Cc1ccc(OCCCc2ccc(-c3ccc(CCCOc4ccc(CC(OCC)C(=O)O)cc4)c(C(F)(F)F)c3)cc2C(F)(F)F)cc1)C(=O)O. The summed E-state index contributed by atoms with van der Waals surface area (Å²) in [6, 6.07) is 20.3. The molecular weight excluding hydrogens is 746 g/mol. The van der Waals surface area contributed by atoms with Crippen molar-refractivity contribution in [2.45, 2.75) is 76.9 Å². The topological polar surface area (TPSA) is 112 Å². The quantitative estimate of drug-likeness (QED) is 0.0635. The van der Waals surface area contributed by atoms with E-state index in [1.54, 1.807) is 62.4 Å². The van der Waals surface area contributed by atoms with Crippen molar-refractivity contribution >= 4 is 11.9 Å². The summed E-state index contributed by atoms with van der Waals surface area (Å²) in [5.74, 6) is -1.24. The summed E-state index contributed by atoms with van der Waals surface area (Å²) in [5.41, 5.74) is -0.520. The third-order valence-corrected chi connectivity index (χ3v) is 8.86. The molecule has 0 spiro atoms. The van der Waals surface area contributed by atoms with Gasteiger partial charge in [0.05, 0.1) is 24.3 Å². The fraction of sp³-hybridized carbons (Fsp3) is 0.381. The molecule has 0 bridgehead atoms. The summed E-state index contributed by atoms with van der Waals surface area (Å²) in [6.07, 6.45) is -10.7. The van der Waals surface area contributed by atoms with Crippen LogP contribution >= 0.6 is 0 Å². The third-order valence-electron chi connectivity index (χ3n) is 8.86. The van der Waals surface area contributed by atoms with Gasteiger partial charge < -0.3 is 29.2 Å². The first-order chi connectivity index (χ1) is 26.6. The Morgan fingerprint density at radius 2 is 0.929 bits per heavy atom. The van der Waals surface area contributed by atoms with Gasteiger partial charge in [0.1, 0.15) is 11.5 Å². The summed E-state index contributed by atoms with van der Waals surface area (Å²) in [6.45, 7) is 4.07. The van der Waals surface area contributed by atoms with Crippen LogP contribution in [0.3, 0.4) is 0 Å². The van der Waals surface area contributed by atoms with Crippen LogP contribution in [0.4, 0.5) is 26.3 Å². The Bertz CT molecular complexity index is 1740. The number of benzene rings is 4. The number of carboxylic acids is 2. The second-order valence-electron chi connectivity index (χ2n) is 12.9. The molecule has 0 aliphatic carbocycles. The van der Waals surface area contributed by atoms with E-state index in [-0.39, 0.29) is 87.2 Å². The van der Waals surface area contributed by atoms with E-state index in [0.717, 1.165) is 12.1 Å². The Kier molecular flexibility index (Phi) is 15.7. The van der Waals surface area contributed by atoms with E-state index in [1.165, 1.54) is 24.3 Å². The molecule has 0 radical (unpaired) electrons. The van der Waals surface area contributed by atoms with Crippen molar-refractivity contribution in [3.05, 3.63) is 118 Å². The van der Waals surface area contributed by atoms with Gasteiger partial charge in [-0.3, -0.25) is 0 Å². The number of ether oxygens (including phenoxy) is 4. The zero-order chi connectivity index (χ0) is 40.9. The van der Waals surface area contributed by atoms with Gasteiger partial charge >= 0.3 is 24.3 Å². The van der Waals surface area contributed by atoms with Crippen LogP contribution in [0.15, 0.2) is 84.9 Å². The van der Waals surface area contributed by atoms with E-state index >= 15 is 0 Å². The molecule has 0 fully saturated rings. The highest BCUT2D eigenvalue weighted by Gasteiger charge is 2.35. The van der Waals surface area contributed by atoms with E-state index < -0.39 is 47.6 Å². The number of carbonyl (C=O) groups is 2. The van der Waals surface area contributed by atoms with Crippen molar-refractivity contribution < 1.29 is 65.1 Å². The lowest BCUT2D eigenvalue weighted by Gasteiger charge is -2.17. The zero-order valence-corrected chi connectivity index (χ0v) is 30.9. The van der Waals surface area contributed by atoms with Gasteiger partial charge in [-0.05, 0) is 109 Å². The van der Waals surface area contributed by atoms with Crippen LogP contribution in [0.1, 0.15) is 60.1 Å². The molecule has 302 valence electrons. The Balaban J connectivity index is 1.36. The molecule has 0 amide bonds. The minimum atomic E-state index is -4.76. The lowest BCUT2D eigenvalue weighted by atomic mass is 9.93. The molecule has 2 atom stereocenters. The molecule has 2 N–H and O–H groups in total. The molecule has 14 heteroatoms. The van der Waals surface area contributed by atoms with Crippen molar-refractivity contribution in [2.75, 3.05) is 26.4 Å². The number of halogens is 6. The Labute approximate surface area is 321 Å². The molecule has 4 aromatic carbocycles. The average Bonchev–Trinajstić information content (AvgIpc) is 3.15. The standard InChI is InChI=1S/C42H44F6O8/c1-3-53-37(39(49)50)23-27-9-17-33(18-10-27)55-21-5-7-29-13-15-31(25-35(29)41(43,44)45)32-16-14-30(36(26-32)42(46,47)48)8-6-22-56-34-19-11-28(12-20-34)24-38(40(51)52)54-4-2/h9-20,25-26,37-38H,3-8,21-24H2,1-2H3,(H,49,50)(H,51,52). The second kappa shape index (κ2) is 20.2. The minimum Gasteiger partial charge on any atom is -0.494 e. The molecule has 4 rings (SSSR count). The van der Waals surface area contributed by atoms with Crippen LogP contribution in [0.2, 0.25) is 0 Å². The largest absolute Gasteiger partial charge is 0.494 e. The first-order valence-corrected chi connectivity index (χ1v) is 18.1. The molecule has 2 unspecified atom stereocenters. The number of aliphatic carboxylic acids is 2. The summed E-state index contributed by atoms with van der Waals surface area (Å²) in [4.78, 5) is 22.7. The minimum absolute atomic E-state index is 0.0000834. The molecule has 0 aliphatic heterocycles. The molecule has 8 nitrogen and oxygen atoms in total. The summed E-state index contributed by atoms with van der Waals surface area (Å²) < 4.78 is 107. The van der Waals surface area contributed by atoms with E-state index in [2.05, 4.69) is 0 Å². The molecule has 56 heavy (non-hydrogen) atoms. The van der Waals surface area contributed by atoms with E-state index in [4.69, 9.17) is 18.9 Å². The molecule has 4 aromatic rings. The van der Waals surface area contributed by atoms with Gasteiger partial charge in [0.25, 0.3) is 0 Å². The first kappa shape index (κ1) is 43.6. The van der Waals surface area contributed by atoms with Crippen molar-refractivity contribution in [3.63, 3.8) is 0 Å². The number of rotatable bonds is 21. The first-order valence-electron chi connectivity index (χ1n) is 18.1. The van der Waals surface area contributed by atoms with Crippen LogP contribution < -0.4 is 9.47 Å². The normalized spacial score (nSPS) is 12.9. The number of alkyl halides is 6. The number of hydrogen-bond donors (Lipinski definition) is 2. The lowest BCUT2D eigenvalue weighted by Crippen LogP contribution is -2.26. The monoisotopic (exact) mass is 790 g/mol. The highest BCUT2D eigenvalue weighted by Crippen LogP contribution is 2.39. The van der Waals surface area contributed by atoms with Crippen LogP contribution in [-0.2, 0) is 57.1 Å². The zero-order valence-electron chi connectivity index (χ0n) is 30.9. The van der Waals surface area contributed by atoms with Crippen LogP contribution in [0, 0.1) is 0 Å². The number of hydrogen-bond acceptors (Lipinski definition) is 6. The fourth-order valence-corrected chi connectivity index (χ4v) is 6.09. The van der Waals surface area contributed by atoms with Crippen molar-refractivity contribution in [1.82, 2.24) is 0 Å². The van der Waals surface area contributed by atoms with Crippen LogP contribution in [0.5, 0.6) is 11.5 Å². The third kappa shape index (κ3) is 13.0. The van der Waals surface area contributed by atoms with Crippen molar-refractivity contribution in [2.24, 2.45) is 0 Å². The number of aryl methyl sites for hydroxylation is 2. The fourth-order valence-electron chi connectivity index (χ4n) is 6.09. The van der Waals surface area contributed by atoms with Gasteiger partial charge in [-0.25, -0.2) is 9.59 Å². The molecule has 0 saturated heterocycles.